The first kappa shape index (κ1) is 12.3. The zero-order chi connectivity index (χ0) is 11.7. The average Bonchev–Trinajstić information content (AvgIpc) is 2.19. The van der Waals surface area contributed by atoms with Gasteiger partial charge in [-0.2, -0.15) is 11.8 Å². The van der Waals surface area contributed by atoms with Crippen LogP contribution in [0.5, 0.6) is 5.75 Å². The van der Waals surface area contributed by atoms with Crippen LogP contribution in [0.1, 0.15) is 24.0 Å². The van der Waals surface area contributed by atoms with E-state index in [0.29, 0.717) is 6.10 Å². The largest absolute Gasteiger partial charge is 0.490 e. The highest BCUT2D eigenvalue weighted by atomic mass is 79.9. The zero-order valence-corrected chi connectivity index (χ0v) is 12.3. The van der Waals surface area contributed by atoms with Crippen molar-refractivity contribution in [3.63, 3.8) is 0 Å². The summed E-state index contributed by atoms with van der Waals surface area (Å²) in [5.74, 6) is 1.02. The Kier molecular flexibility index (Phi) is 3.85. The molecule has 1 nitrogen and oxygen atoms in total. The van der Waals surface area contributed by atoms with Crippen molar-refractivity contribution in [3.8, 4) is 5.75 Å². The molecule has 0 heterocycles. The van der Waals surface area contributed by atoms with E-state index in [-0.39, 0.29) is 0 Å². The van der Waals surface area contributed by atoms with E-state index < -0.39 is 0 Å². The van der Waals surface area contributed by atoms with Crippen LogP contribution in [0.4, 0.5) is 0 Å². The Morgan fingerprint density at radius 1 is 1.25 bits per heavy atom. The van der Waals surface area contributed by atoms with E-state index in [9.17, 15) is 0 Å². The molecule has 0 radical (unpaired) electrons. The molecule has 0 atom stereocenters. The lowest BCUT2D eigenvalue weighted by atomic mass is 9.95. The van der Waals surface area contributed by atoms with Gasteiger partial charge in [0.2, 0.25) is 0 Å². The van der Waals surface area contributed by atoms with Crippen molar-refractivity contribution in [1.82, 2.24) is 0 Å². The van der Waals surface area contributed by atoms with Crippen LogP contribution >= 0.6 is 27.7 Å². The second-order valence-corrected chi connectivity index (χ2v) is 6.37. The third-order valence-corrected chi connectivity index (χ3v) is 5.40. The molecule has 1 aliphatic carbocycles. The molecule has 0 amide bonds. The van der Waals surface area contributed by atoms with Gasteiger partial charge in [-0.05, 0) is 56.2 Å². The lowest BCUT2D eigenvalue weighted by Gasteiger charge is -2.34. The van der Waals surface area contributed by atoms with Crippen LogP contribution < -0.4 is 4.74 Å². The Morgan fingerprint density at radius 2 is 1.81 bits per heavy atom. The molecule has 1 fully saturated rings. The number of halogens is 1. The van der Waals surface area contributed by atoms with Crippen LogP contribution in [-0.2, 0) is 0 Å². The lowest BCUT2D eigenvalue weighted by Crippen LogP contribution is -2.35. The summed E-state index contributed by atoms with van der Waals surface area (Å²) in [6, 6.07) is 4.23. The SMILES string of the molecule is CS[C@H]1C[C@H](Oc2cc(C)c(Br)c(C)c2)C1. The van der Waals surface area contributed by atoms with E-state index in [2.05, 4.69) is 48.2 Å². The van der Waals surface area contributed by atoms with Crippen molar-refractivity contribution in [2.24, 2.45) is 0 Å². The van der Waals surface area contributed by atoms with Gasteiger partial charge in [0.05, 0.1) is 0 Å². The monoisotopic (exact) mass is 300 g/mol. The van der Waals surface area contributed by atoms with Gasteiger partial charge >= 0.3 is 0 Å². The van der Waals surface area contributed by atoms with E-state index in [1.165, 1.54) is 28.4 Å². The van der Waals surface area contributed by atoms with Crippen LogP contribution in [0.3, 0.4) is 0 Å². The first-order valence-corrected chi connectivity index (χ1v) is 7.64. The summed E-state index contributed by atoms with van der Waals surface area (Å²) in [6.45, 7) is 4.21. The Hall–Kier alpha value is -0.150. The van der Waals surface area contributed by atoms with Gasteiger partial charge in [0.15, 0.2) is 0 Å². The quantitative estimate of drug-likeness (QED) is 0.821. The maximum absolute atomic E-state index is 5.96. The topological polar surface area (TPSA) is 9.23 Å². The molecule has 0 spiro atoms. The highest BCUT2D eigenvalue weighted by Gasteiger charge is 2.30. The minimum atomic E-state index is 0.428. The summed E-state index contributed by atoms with van der Waals surface area (Å²) in [4.78, 5) is 0. The van der Waals surface area contributed by atoms with E-state index >= 15 is 0 Å². The number of hydrogen-bond donors (Lipinski definition) is 0. The smallest absolute Gasteiger partial charge is 0.120 e. The molecular formula is C13H17BrOS. The van der Waals surface area contributed by atoms with Crippen molar-refractivity contribution in [1.29, 1.82) is 0 Å². The van der Waals surface area contributed by atoms with Gasteiger partial charge in [-0.3, -0.25) is 0 Å². The van der Waals surface area contributed by atoms with Gasteiger partial charge in [0.25, 0.3) is 0 Å². The summed E-state index contributed by atoms with van der Waals surface area (Å²) in [5, 5.41) is 0.808. The van der Waals surface area contributed by atoms with Crippen molar-refractivity contribution in [2.45, 2.75) is 38.0 Å². The van der Waals surface area contributed by atoms with Crippen molar-refractivity contribution in [2.75, 3.05) is 6.26 Å². The molecule has 3 heteroatoms. The van der Waals surface area contributed by atoms with Crippen LogP contribution in [-0.4, -0.2) is 17.6 Å². The molecule has 1 saturated carbocycles. The normalized spacial score (nSPS) is 24.0. The number of hydrogen-bond acceptors (Lipinski definition) is 2. The molecule has 0 N–H and O–H groups in total. The number of aryl methyl sites for hydroxylation is 2. The molecule has 1 aliphatic rings. The second-order valence-electron chi connectivity index (χ2n) is 4.44. The molecule has 1 aromatic carbocycles. The highest BCUT2D eigenvalue weighted by molar-refractivity contribution is 9.10. The number of rotatable bonds is 3. The predicted molar refractivity (Wildman–Crippen MR) is 74.6 cm³/mol. The standard InChI is InChI=1S/C13H17BrOS/c1-8-4-10(5-9(2)13(8)14)15-11-6-12(7-11)16-3/h4-5,11-12H,6-7H2,1-3H3/t11-,12-. The fraction of sp³-hybridized carbons (Fsp3) is 0.538. The molecular weight excluding hydrogens is 284 g/mol. The summed E-state index contributed by atoms with van der Waals surface area (Å²) in [6.07, 6.45) is 4.98. The van der Waals surface area contributed by atoms with E-state index in [1.54, 1.807) is 0 Å². The first-order valence-electron chi connectivity index (χ1n) is 5.56. The Balaban J connectivity index is 2.01. The van der Waals surface area contributed by atoms with Crippen molar-refractivity contribution < 1.29 is 4.74 Å². The molecule has 1 aromatic rings. The molecule has 88 valence electrons. The molecule has 0 aromatic heterocycles. The van der Waals surface area contributed by atoms with Crippen molar-refractivity contribution in [3.05, 3.63) is 27.7 Å². The van der Waals surface area contributed by atoms with E-state index in [4.69, 9.17) is 4.74 Å². The number of ether oxygens (including phenoxy) is 1. The van der Waals surface area contributed by atoms with Crippen LogP contribution in [0, 0.1) is 13.8 Å². The van der Waals surface area contributed by atoms with Crippen LogP contribution in [0.15, 0.2) is 16.6 Å². The molecule has 0 unspecified atom stereocenters. The maximum Gasteiger partial charge on any atom is 0.120 e. The molecule has 0 saturated heterocycles. The summed E-state index contributed by atoms with van der Waals surface area (Å²) in [5.41, 5.74) is 2.49. The maximum atomic E-state index is 5.96. The van der Waals surface area contributed by atoms with Crippen LogP contribution in [0.2, 0.25) is 0 Å². The minimum Gasteiger partial charge on any atom is -0.490 e. The van der Waals surface area contributed by atoms with Gasteiger partial charge < -0.3 is 4.74 Å². The number of benzene rings is 1. The highest BCUT2D eigenvalue weighted by Crippen LogP contribution is 2.34. The van der Waals surface area contributed by atoms with Gasteiger partial charge in [-0.15, -0.1) is 0 Å². The first-order chi connectivity index (χ1) is 7.60. The molecule has 16 heavy (non-hydrogen) atoms. The van der Waals surface area contributed by atoms with Gasteiger partial charge in [0.1, 0.15) is 11.9 Å². The second kappa shape index (κ2) is 5.01. The summed E-state index contributed by atoms with van der Waals surface area (Å²) >= 11 is 5.52. The Morgan fingerprint density at radius 3 is 2.31 bits per heavy atom. The fourth-order valence-electron chi connectivity index (χ4n) is 1.97. The van der Waals surface area contributed by atoms with E-state index in [1.807, 2.05) is 11.8 Å². The predicted octanol–water partition coefficient (Wildman–Crippen LogP) is 4.34. The molecule has 0 aliphatic heterocycles. The van der Waals surface area contributed by atoms with Gasteiger partial charge in [-0.25, -0.2) is 0 Å². The average molecular weight is 301 g/mol. The zero-order valence-electron chi connectivity index (χ0n) is 9.92. The van der Waals surface area contributed by atoms with Crippen LogP contribution in [0.25, 0.3) is 0 Å². The molecule has 0 bridgehead atoms. The number of thioether (sulfide) groups is 1. The van der Waals surface area contributed by atoms with Gasteiger partial charge in [-0.1, -0.05) is 15.9 Å². The summed E-state index contributed by atoms with van der Waals surface area (Å²) < 4.78 is 7.16. The lowest BCUT2D eigenvalue weighted by molar-refractivity contribution is 0.126. The summed E-state index contributed by atoms with van der Waals surface area (Å²) in [7, 11) is 0. The third-order valence-electron chi connectivity index (χ3n) is 3.10. The third kappa shape index (κ3) is 2.57. The Labute approximate surface area is 110 Å². The van der Waals surface area contributed by atoms with Crippen molar-refractivity contribution >= 4 is 27.7 Å². The Bertz CT molecular complexity index is 363. The molecule has 2 rings (SSSR count). The van der Waals surface area contributed by atoms with Gasteiger partial charge in [0, 0.05) is 9.72 Å². The minimum absolute atomic E-state index is 0.428. The fourth-order valence-corrected chi connectivity index (χ4v) is 3.02. The van der Waals surface area contributed by atoms with E-state index in [0.717, 1.165) is 11.0 Å².